The van der Waals surface area contributed by atoms with Crippen LogP contribution in [0, 0.1) is 0 Å². The summed E-state index contributed by atoms with van der Waals surface area (Å²) < 4.78 is 5.06. The Morgan fingerprint density at radius 3 is 2.81 bits per heavy atom. The topological polar surface area (TPSA) is 59.9 Å². The van der Waals surface area contributed by atoms with Crippen LogP contribution < -0.4 is 10.1 Å². The van der Waals surface area contributed by atoms with E-state index in [2.05, 4.69) is 20.3 Å². The molecule has 2 aromatic rings. The zero-order valence-corrected chi connectivity index (χ0v) is 9.14. The largest absolute Gasteiger partial charge is 0.481 e. The lowest BCUT2D eigenvalue weighted by atomic mass is 10.2. The quantitative estimate of drug-likeness (QED) is 0.844. The van der Waals surface area contributed by atoms with E-state index in [1.165, 1.54) is 6.33 Å². The van der Waals surface area contributed by atoms with Gasteiger partial charge in [-0.15, -0.1) is 0 Å². The first-order valence-electron chi connectivity index (χ1n) is 4.83. The molecule has 0 aromatic carbocycles. The zero-order chi connectivity index (χ0) is 11.4. The van der Waals surface area contributed by atoms with Crippen LogP contribution in [0.5, 0.6) is 5.88 Å². The van der Waals surface area contributed by atoms with E-state index in [0.717, 1.165) is 17.1 Å². The molecule has 2 rings (SSSR count). The number of anilines is 1. The van der Waals surface area contributed by atoms with Crippen LogP contribution in [0.15, 0.2) is 30.7 Å². The lowest BCUT2D eigenvalue weighted by molar-refractivity contribution is 0.398. The summed E-state index contributed by atoms with van der Waals surface area (Å²) in [4.78, 5) is 12.3. The molecule has 82 valence electrons. The average molecular weight is 216 g/mol. The van der Waals surface area contributed by atoms with Crippen LogP contribution in [-0.2, 0) is 0 Å². The molecule has 5 heteroatoms. The van der Waals surface area contributed by atoms with E-state index in [0.29, 0.717) is 5.88 Å². The molecule has 2 aromatic heterocycles. The Morgan fingerprint density at radius 2 is 2.06 bits per heavy atom. The fourth-order valence-electron chi connectivity index (χ4n) is 1.33. The first-order chi connectivity index (χ1) is 7.83. The second-order valence-electron chi connectivity index (χ2n) is 3.13. The molecule has 0 fully saturated rings. The molecule has 0 aliphatic rings. The molecule has 0 saturated carbocycles. The molecule has 5 nitrogen and oxygen atoms in total. The van der Waals surface area contributed by atoms with Crippen LogP contribution in [-0.4, -0.2) is 29.1 Å². The molecule has 0 bridgehead atoms. The Kier molecular flexibility index (Phi) is 2.95. The number of aromatic nitrogens is 3. The Bertz CT molecular complexity index is 441. The second kappa shape index (κ2) is 4.57. The SMILES string of the molecule is CNc1cc(-c2ccnc(OC)c2)ncn1. The number of pyridine rings is 1. The van der Waals surface area contributed by atoms with Crippen LogP contribution in [0.4, 0.5) is 5.82 Å². The van der Waals surface area contributed by atoms with Crippen molar-refractivity contribution in [1.82, 2.24) is 15.0 Å². The van der Waals surface area contributed by atoms with Crippen molar-refractivity contribution in [1.29, 1.82) is 0 Å². The van der Waals surface area contributed by atoms with Crippen molar-refractivity contribution in [2.45, 2.75) is 0 Å². The van der Waals surface area contributed by atoms with Crippen LogP contribution >= 0.6 is 0 Å². The third kappa shape index (κ3) is 2.08. The van der Waals surface area contributed by atoms with Gasteiger partial charge in [0.15, 0.2) is 0 Å². The van der Waals surface area contributed by atoms with E-state index in [1.54, 1.807) is 13.3 Å². The highest BCUT2D eigenvalue weighted by molar-refractivity contribution is 5.62. The highest BCUT2D eigenvalue weighted by Crippen LogP contribution is 2.21. The predicted octanol–water partition coefficient (Wildman–Crippen LogP) is 1.59. The van der Waals surface area contributed by atoms with Gasteiger partial charge in [0.2, 0.25) is 5.88 Å². The van der Waals surface area contributed by atoms with Gasteiger partial charge in [0, 0.05) is 30.9 Å². The lowest BCUT2D eigenvalue weighted by Crippen LogP contribution is -1.94. The summed E-state index contributed by atoms with van der Waals surface area (Å²) in [6, 6.07) is 5.58. The van der Waals surface area contributed by atoms with Gasteiger partial charge in [-0.3, -0.25) is 0 Å². The van der Waals surface area contributed by atoms with Crippen molar-refractivity contribution >= 4 is 5.82 Å². The van der Waals surface area contributed by atoms with Gasteiger partial charge in [-0.1, -0.05) is 0 Å². The fraction of sp³-hybridized carbons (Fsp3) is 0.182. The molecule has 2 heterocycles. The van der Waals surface area contributed by atoms with Gasteiger partial charge in [-0.05, 0) is 6.07 Å². The van der Waals surface area contributed by atoms with Crippen molar-refractivity contribution < 1.29 is 4.74 Å². The van der Waals surface area contributed by atoms with Crippen molar-refractivity contribution in [3.8, 4) is 17.1 Å². The highest BCUT2D eigenvalue weighted by atomic mass is 16.5. The minimum Gasteiger partial charge on any atom is -0.481 e. The van der Waals surface area contributed by atoms with Gasteiger partial charge in [0.1, 0.15) is 12.1 Å². The van der Waals surface area contributed by atoms with Gasteiger partial charge in [-0.25, -0.2) is 15.0 Å². The first-order valence-corrected chi connectivity index (χ1v) is 4.83. The van der Waals surface area contributed by atoms with E-state index in [4.69, 9.17) is 4.74 Å². The van der Waals surface area contributed by atoms with E-state index in [-0.39, 0.29) is 0 Å². The Hall–Kier alpha value is -2.17. The van der Waals surface area contributed by atoms with Gasteiger partial charge in [0.05, 0.1) is 12.8 Å². The molecular weight excluding hydrogens is 204 g/mol. The first kappa shape index (κ1) is 10.4. The normalized spacial score (nSPS) is 9.88. The lowest BCUT2D eigenvalue weighted by Gasteiger charge is -2.04. The molecule has 0 spiro atoms. The van der Waals surface area contributed by atoms with E-state index in [9.17, 15) is 0 Å². The number of methoxy groups -OCH3 is 1. The van der Waals surface area contributed by atoms with Crippen LogP contribution in [0.3, 0.4) is 0 Å². The summed E-state index contributed by atoms with van der Waals surface area (Å²) in [6.07, 6.45) is 3.21. The summed E-state index contributed by atoms with van der Waals surface area (Å²) in [5.41, 5.74) is 1.78. The maximum Gasteiger partial charge on any atom is 0.213 e. The Morgan fingerprint density at radius 1 is 1.19 bits per heavy atom. The minimum absolute atomic E-state index is 0.571. The molecule has 16 heavy (non-hydrogen) atoms. The van der Waals surface area contributed by atoms with E-state index in [1.807, 2.05) is 25.2 Å². The standard InChI is InChI=1S/C11H12N4O/c1-12-10-6-9(14-7-15-10)8-3-4-13-11(5-8)16-2/h3-7H,1-2H3,(H,12,14,15). The number of nitrogens with zero attached hydrogens (tertiary/aromatic N) is 3. The predicted molar refractivity (Wildman–Crippen MR) is 61.4 cm³/mol. The van der Waals surface area contributed by atoms with Crippen molar-refractivity contribution in [2.24, 2.45) is 0 Å². The van der Waals surface area contributed by atoms with Gasteiger partial charge >= 0.3 is 0 Å². The van der Waals surface area contributed by atoms with Gasteiger partial charge in [-0.2, -0.15) is 0 Å². The Balaban J connectivity index is 2.41. The Labute approximate surface area is 93.5 Å². The minimum atomic E-state index is 0.571. The van der Waals surface area contributed by atoms with Crippen molar-refractivity contribution in [2.75, 3.05) is 19.5 Å². The molecular formula is C11H12N4O. The molecule has 0 atom stereocenters. The summed E-state index contributed by atoms with van der Waals surface area (Å²) in [6.45, 7) is 0. The fourth-order valence-corrected chi connectivity index (χ4v) is 1.33. The van der Waals surface area contributed by atoms with E-state index < -0.39 is 0 Å². The highest BCUT2D eigenvalue weighted by Gasteiger charge is 2.02. The third-order valence-electron chi connectivity index (χ3n) is 2.16. The molecule has 0 radical (unpaired) electrons. The van der Waals surface area contributed by atoms with E-state index >= 15 is 0 Å². The summed E-state index contributed by atoms with van der Waals surface area (Å²) in [5.74, 6) is 1.35. The third-order valence-corrected chi connectivity index (χ3v) is 2.16. The molecule has 1 N–H and O–H groups in total. The maximum absolute atomic E-state index is 5.06. The number of nitrogens with one attached hydrogen (secondary N) is 1. The summed E-state index contributed by atoms with van der Waals surface area (Å²) >= 11 is 0. The number of ether oxygens (including phenoxy) is 1. The number of hydrogen-bond acceptors (Lipinski definition) is 5. The molecule has 0 unspecified atom stereocenters. The molecule has 0 saturated heterocycles. The second-order valence-corrected chi connectivity index (χ2v) is 3.13. The zero-order valence-electron chi connectivity index (χ0n) is 9.14. The van der Waals surface area contributed by atoms with Crippen molar-refractivity contribution in [3.63, 3.8) is 0 Å². The average Bonchev–Trinajstić information content (AvgIpc) is 2.39. The molecule has 0 amide bonds. The molecule has 0 aliphatic carbocycles. The van der Waals surface area contributed by atoms with Crippen LogP contribution in [0.25, 0.3) is 11.3 Å². The summed E-state index contributed by atoms with van der Waals surface area (Å²) in [5, 5.41) is 2.97. The maximum atomic E-state index is 5.06. The number of hydrogen-bond donors (Lipinski definition) is 1. The smallest absolute Gasteiger partial charge is 0.213 e. The number of rotatable bonds is 3. The van der Waals surface area contributed by atoms with Gasteiger partial charge in [0.25, 0.3) is 0 Å². The monoisotopic (exact) mass is 216 g/mol. The van der Waals surface area contributed by atoms with Crippen LogP contribution in [0.1, 0.15) is 0 Å². The molecule has 0 aliphatic heterocycles. The summed E-state index contributed by atoms with van der Waals surface area (Å²) in [7, 11) is 3.41. The van der Waals surface area contributed by atoms with Crippen molar-refractivity contribution in [3.05, 3.63) is 30.7 Å². The van der Waals surface area contributed by atoms with Gasteiger partial charge < -0.3 is 10.1 Å². The van der Waals surface area contributed by atoms with Crippen LogP contribution in [0.2, 0.25) is 0 Å².